The van der Waals surface area contributed by atoms with Crippen LogP contribution in [-0.4, -0.2) is 120 Å². The molecule has 7 rings (SSSR count). The number of likely N-dealkylation sites (tertiary alicyclic amines) is 2. The number of hydrogen-bond acceptors (Lipinski definition) is 11. The summed E-state index contributed by atoms with van der Waals surface area (Å²) >= 11 is 0. The normalized spacial score (nSPS) is 26.1. The second-order valence-corrected chi connectivity index (χ2v) is 15.5. The number of nitrogens with one attached hydrogen (secondary N) is 4. The molecule has 2 saturated carbocycles. The highest BCUT2D eigenvalue weighted by atomic mass is 16.7. The van der Waals surface area contributed by atoms with Gasteiger partial charge in [0, 0.05) is 52.6 Å². The number of carbonyl (C=O) groups excluding carboxylic acids is 7. The monoisotopic (exact) mass is 818 g/mol. The highest BCUT2D eigenvalue weighted by molar-refractivity contribution is 5.89. The van der Waals surface area contributed by atoms with Gasteiger partial charge in [0.25, 0.3) is 0 Å². The molecule has 5 aliphatic rings. The maximum Gasteiger partial charge on any atom is 0.408 e. The molecule has 3 aliphatic heterocycles. The van der Waals surface area contributed by atoms with Crippen molar-refractivity contribution in [1.82, 2.24) is 31.1 Å². The molecule has 4 N–H and O–H groups in total. The van der Waals surface area contributed by atoms with E-state index in [1.54, 1.807) is 9.80 Å². The van der Waals surface area contributed by atoms with Gasteiger partial charge in [0.15, 0.2) is 5.79 Å². The molecule has 0 unspecified atom stereocenters. The number of hydrogen-bond donors (Lipinski definition) is 4. The average molecular weight is 819 g/mol. The first-order valence-electron chi connectivity index (χ1n) is 20.3. The van der Waals surface area contributed by atoms with Gasteiger partial charge in [-0.15, -0.1) is 0 Å². The lowest BCUT2D eigenvalue weighted by Gasteiger charge is -2.44. The Morgan fingerprint density at radius 2 is 1.14 bits per heavy atom. The predicted molar refractivity (Wildman–Crippen MR) is 210 cm³/mol. The van der Waals surface area contributed by atoms with Crippen LogP contribution in [0.2, 0.25) is 0 Å². The van der Waals surface area contributed by atoms with E-state index in [9.17, 15) is 33.6 Å². The fourth-order valence-corrected chi connectivity index (χ4v) is 8.60. The highest BCUT2D eigenvalue weighted by Gasteiger charge is 2.50. The number of carbonyl (C=O) groups is 7. The van der Waals surface area contributed by atoms with Crippen LogP contribution in [0.5, 0.6) is 0 Å². The summed E-state index contributed by atoms with van der Waals surface area (Å²) in [4.78, 5) is 88.5. The quantitative estimate of drug-likeness (QED) is 0.274. The maximum absolute atomic E-state index is 13.0. The van der Waals surface area contributed by atoms with E-state index in [0.29, 0.717) is 71.2 Å². The Hall–Kier alpha value is -5.55. The van der Waals surface area contributed by atoms with E-state index < -0.39 is 30.1 Å². The molecule has 0 radical (unpaired) electrons. The smallest absolute Gasteiger partial charge is 0.408 e. The average Bonchev–Trinajstić information content (AvgIpc) is 3.92. The topological polar surface area (TPSA) is 211 Å². The Kier molecular flexibility index (Phi) is 14.5. The van der Waals surface area contributed by atoms with Crippen LogP contribution in [0.3, 0.4) is 0 Å². The zero-order valence-corrected chi connectivity index (χ0v) is 33.5. The van der Waals surface area contributed by atoms with Gasteiger partial charge in [-0.05, 0) is 36.8 Å². The van der Waals surface area contributed by atoms with Crippen molar-refractivity contribution >= 4 is 41.6 Å². The molecule has 2 aromatic rings. The first kappa shape index (κ1) is 43.0. The number of benzene rings is 2. The summed E-state index contributed by atoms with van der Waals surface area (Å²) in [6.07, 6.45) is 2.67. The molecule has 17 heteroatoms. The largest absolute Gasteiger partial charge is 0.445 e. The summed E-state index contributed by atoms with van der Waals surface area (Å²) in [6.45, 7) is 5.20. The molecular weight excluding hydrogens is 764 g/mol. The Balaban J connectivity index is 0.000000199. The number of ether oxygens (including phenoxy) is 4. The Bertz CT molecular complexity index is 1820. The van der Waals surface area contributed by atoms with Gasteiger partial charge in [0.05, 0.1) is 37.4 Å². The lowest BCUT2D eigenvalue weighted by atomic mass is 9.84. The minimum absolute atomic E-state index is 0.0841. The molecule has 0 bridgehead atoms. The zero-order valence-electron chi connectivity index (χ0n) is 33.5. The Morgan fingerprint density at radius 3 is 1.63 bits per heavy atom. The first-order valence-corrected chi connectivity index (χ1v) is 20.3. The molecule has 2 aliphatic carbocycles. The van der Waals surface area contributed by atoms with Crippen LogP contribution in [0.15, 0.2) is 60.7 Å². The molecule has 6 atom stereocenters. The van der Waals surface area contributed by atoms with E-state index in [1.165, 1.54) is 13.8 Å². The van der Waals surface area contributed by atoms with Gasteiger partial charge in [-0.25, -0.2) is 9.59 Å². The van der Waals surface area contributed by atoms with Crippen molar-refractivity contribution in [2.24, 2.45) is 0 Å². The summed E-state index contributed by atoms with van der Waals surface area (Å²) in [5.41, 5.74) is 1.74. The van der Waals surface area contributed by atoms with Crippen molar-refractivity contribution in [2.75, 3.05) is 26.3 Å². The van der Waals surface area contributed by atoms with Crippen LogP contribution in [0.25, 0.3) is 0 Å². The lowest BCUT2D eigenvalue weighted by Crippen LogP contribution is -2.59. The second-order valence-electron chi connectivity index (χ2n) is 15.5. The molecule has 3 heterocycles. The van der Waals surface area contributed by atoms with Gasteiger partial charge < -0.3 is 50.0 Å². The number of alkyl carbamates (subject to hydrolysis) is 2. The summed E-state index contributed by atoms with van der Waals surface area (Å²) in [7, 11) is 0. The van der Waals surface area contributed by atoms with Crippen LogP contribution >= 0.6 is 0 Å². The minimum atomic E-state index is -0.675. The maximum atomic E-state index is 13.0. The van der Waals surface area contributed by atoms with Gasteiger partial charge in [0.2, 0.25) is 23.6 Å². The number of ketones is 1. The second kappa shape index (κ2) is 19.9. The number of nitrogens with zero attached hydrogens (tertiary/aromatic N) is 2. The third-order valence-corrected chi connectivity index (χ3v) is 11.3. The van der Waals surface area contributed by atoms with E-state index >= 15 is 0 Å². The molecule has 6 amide bonds. The predicted octanol–water partition coefficient (Wildman–Crippen LogP) is 2.45. The summed E-state index contributed by atoms with van der Waals surface area (Å²) < 4.78 is 22.1. The van der Waals surface area contributed by atoms with Crippen molar-refractivity contribution in [3.05, 3.63) is 71.8 Å². The Morgan fingerprint density at radius 1 is 0.661 bits per heavy atom. The van der Waals surface area contributed by atoms with Crippen LogP contribution in [0, 0.1) is 0 Å². The van der Waals surface area contributed by atoms with Gasteiger partial charge in [0.1, 0.15) is 31.1 Å². The van der Waals surface area contributed by atoms with Gasteiger partial charge >= 0.3 is 12.2 Å². The van der Waals surface area contributed by atoms with E-state index in [1.807, 2.05) is 60.7 Å². The van der Waals surface area contributed by atoms with Crippen molar-refractivity contribution < 1.29 is 52.5 Å². The van der Waals surface area contributed by atoms with E-state index in [4.69, 9.17) is 18.9 Å². The van der Waals surface area contributed by atoms with Crippen LogP contribution in [-0.2, 0) is 56.1 Å². The SMILES string of the molecule is CC(=O)N[C@@H]1CC(=O)CC[C@@H]1N1CC[C@H](NC(=O)OCc2ccccc2)C1=O.CC(=O)N[C@@H]1CC2(CC[C@@H]1N1CC[C@H](NC(=O)OCc3ccccc3)C1=O)OCCO2. The standard InChI is InChI=1S/C22H29N3O6.C20H25N3O5/c1-15(26)23-18-13-22(30-11-12-31-22)9-7-19(18)25-10-8-17(20(25)27)24-21(28)29-14-16-5-3-2-4-6-16;1-13(24)21-17-11-15(25)7-8-18(17)23-10-9-16(19(23)26)22-20(27)28-12-14-5-3-2-4-6-14/h2-6,17-19H,7-14H2,1H3,(H,23,26)(H,24,28);2-6,16-18H,7-12H2,1H3,(H,21,24)(H,22,27)/t17-,18+,19-;16-,17+,18-/m00/s1. The summed E-state index contributed by atoms with van der Waals surface area (Å²) in [6, 6.07) is 16.3. The highest BCUT2D eigenvalue weighted by Crippen LogP contribution is 2.38. The number of amides is 6. The van der Waals surface area contributed by atoms with E-state index in [0.717, 1.165) is 11.1 Å². The third-order valence-electron chi connectivity index (χ3n) is 11.3. The van der Waals surface area contributed by atoms with Crippen molar-refractivity contribution in [3.63, 3.8) is 0 Å². The lowest BCUT2D eigenvalue weighted by molar-refractivity contribution is -0.191. The van der Waals surface area contributed by atoms with Crippen molar-refractivity contribution in [1.29, 1.82) is 0 Å². The molecule has 0 aromatic heterocycles. The van der Waals surface area contributed by atoms with Crippen LogP contribution in [0.1, 0.15) is 76.3 Å². The van der Waals surface area contributed by atoms with Crippen LogP contribution in [0.4, 0.5) is 9.59 Å². The fourth-order valence-electron chi connectivity index (χ4n) is 8.60. The molecule has 5 fully saturated rings. The van der Waals surface area contributed by atoms with Gasteiger partial charge in [-0.3, -0.25) is 24.0 Å². The zero-order chi connectivity index (χ0) is 41.9. The molecule has 2 aromatic carbocycles. The molecule has 3 saturated heterocycles. The molecule has 59 heavy (non-hydrogen) atoms. The Labute approximate surface area is 343 Å². The molecule has 1 spiro atoms. The fraction of sp³-hybridized carbons (Fsp3) is 0.548. The number of Topliss-reactive ketones (excluding diaryl/α,β-unsaturated/α-hetero) is 1. The summed E-state index contributed by atoms with van der Waals surface area (Å²) in [5.74, 6) is -1.33. The van der Waals surface area contributed by atoms with E-state index in [-0.39, 0.29) is 73.2 Å². The van der Waals surface area contributed by atoms with Crippen molar-refractivity contribution in [2.45, 2.75) is 120 Å². The minimum Gasteiger partial charge on any atom is -0.445 e. The molecule has 318 valence electrons. The molecule has 17 nitrogen and oxygen atoms in total. The van der Waals surface area contributed by atoms with Gasteiger partial charge in [-0.1, -0.05) is 60.7 Å². The van der Waals surface area contributed by atoms with E-state index in [2.05, 4.69) is 21.3 Å². The molecular formula is C42H54N6O11. The third kappa shape index (κ3) is 11.6. The summed E-state index contributed by atoms with van der Waals surface area (Å²) in [5, 5.41) is 11.1. The van der Waals surface area contributed by atoms with Gasteiger partial charge in [-0.2, -0.15) is 0 Å². The number of rotatable bonds is 10. The van der Waals surface area contributed by atoms with Crippen molar-refractivity contribution in [3.8, 4) is 0 Å². The first-order chi connectivity index (χ1) is 28.4. The van der Waals surface area contributed by atoms with Crippen LogP contribution < -0.4 is 21.3 Å².